The molecule has 1 atom stereocenters. The van der Waals surface area contributed by atoms with Gasteiger partial charge in [0.05, 0.1) is 6.54 Å². The van der Waals surface area contributed by atoms with Crippen LogP contribution in [0, 0.1) is 0 Å². The van der Waals surface area contributed by atoms with Crippen molar-refractivity contribution in [2.24, 2.45) is 0 Å². The molecule has 0 spiro atoms. The highest BCUT2D eigenvalue weighted by atomic mass is 19.1. The zero-order valence-corrected chi connectivity index (χ0v) is 7.15. The Labute approximate surface area is 75.6 Å². The van der Waals surface area contributed by atoms with Crippen LogP contribution in [-0.4, -0.2) is 29.2 Å². The Morgan fingerprint density at radius 3 is 3.08 bits per heavy atom. The summed E-state index contributed by atoms with van der Waals surface area (Å²) in [6.45, 7) is 1.12. The summed E-state index contributed by atoms with van der Waals surface area (Å²) < 4.78 is 12.8. The Morgan fingerprint density at radius 1 is 1.62 bits per heavy atom. The third-order valence-electron chi connectivity index (χ3n) is 2.11. The molecule has 1 aliphatic rings. The predicted molar refractivity (Wildman–Crippen MR) is 48.2 cm³/mol. The van der Waals surface area contributed by atoms with E-state index in [-0.39, 0.29) is 5.95 Å². The molecule has 0 unspecified atom stereocenters. The lowest BCUT2D eigenvalue weighted by molar-refractivity contribution is 0.364. The third-order valence-corrected chi connectivity index (χ3v) is 2.11. The van der Waals surface area contributed by atoms with Gasteiger partial charge in [-0.3, -0.25) is 0 Å². The molecule has 2 rings (SSSR count). The smallest absolute Gasteiger partial charge is 0.221 e. The number of hydrogen-bond donors (Lipinski definition) is 1. The van der Waals surface area contributed by atoms with Gasteiger partial charge in [-0.05, 0) is 12.5 Å². The van der Waals surface area contributed by atoms with E-state index in [1.807, 2.05) is 4.90 Å². The number of alkyl halides is 1. The van der Waals surface area contributed by atoms with Crippen LogP contribution >= 0.6 is 0 Å². The van der Waals surface area contributed by atoms with E-state index in [1.165, 1.54) is 0 Å². The van der Waals surface area contributed by atoms with Gasteiger partial charge >= 0.3 is 0 Å². The lowest BCUT2D eigenvalue weighted by Gasteiger charge is -2.15. The molecule has 2 heterocycles. The molecule has 1 aromatic heterocycles. The number of hydrogen-bond acceptors (Lipinski definition) is 4. The van der Waals surface area contributed by atoms with Gasteiger partial charge in [0.25, 0.3) is 0 Å². The molecule has 0 bridgehead atoms. The van der Waals surface area contributed by atoms with Crippen LogP contribution in [0.3, 0.4) is 0 Å². The van der Waals surface area contributed by atoms with Gasteiger partial charge in [0, 0.05) is 12.7 Å². The van der Waals surface area contributed by atoms with E-state index in [9.17, 15) is 4.39 Å². The van der Waals surface area contributed by atoms with Gasteiger partial charge in [-0.15, -0.1) is 0 Å². The molecule has 1 fully saturated rings. The van der Waals surface area contributed by atoms with Crippen LogP contribution in [0.5, 0.6) is 0 Å². The van der Waals surface area contributed by atoms with Crippen LogP contribution in [0.15, 0.2) is 12.3 Å². The van der Waals surface area contributed by atoms with Crippen molar-refractivity contribution in [2.45, 2.75) is 12.6 Å². The second-order valence-corrected chi connectivity index (χ2v) is 3.11. The van der Waals surface area contributed by atoms with Crippen molar-refractivity contribution >= 4 is 11.8 Å². The average Bonchev–Trinajstić information content (AvgIpc) is 2.52. The number of nitrogens with two attached hydrogens (primary N) is 1. The minimum Gasteiger partial charge on any atom is -0.368 e. The normalized spacial score (nSPS) is 22.2. The standard InChI is InChI=1S/C8H11FN4/c9-6-2-4-13(5-6)7-1-3-11-8(10)12-7/h1,3,6H,2,4-5H2,(H2,10,11,12)/t6-/m0/s1. The predicted octanol–water partition coefficient (Wildman–Crippen LogP) is 0.607. The Bertz CT molecular complexity index is 304. The van der Waals surface area contributed by atoms with Gasteiger partial charge in [-0.1, -0.05) is 0 Å². The Morgan fingerprint density at radius 2 is 2.46 bits per heavy atom. The summed E-state index contributed by atoms with van der Waals surface area (Å²) in [7, 11) is 0. The van der Waals surface area contributed by atoms with Gasteiger partial charge in [-0.2, -0.15) is 4.98 Å². The summed E-state index contributed by atoms with van der Waals surface area (Å²) in [5, 5.41) is 0. The van der Waals surface area contributed by atoms with Gasteiger partial charge < -0.3 is 10.6 Å². The quantitative estimate of drug-likeness (QED) is 0.691. The first-order valence-corrected chi connectivity index (χ1v) is 4.23. The van der Waals surface area contributed by atoms with E-state index >= 15 is 0 Å². The van der Waals surface area contributed by atoms with Crippen molar-refractivity contribution in [3.05, 3.63) is 12.3 Å². The van der Waals surface area contributed by atoms with Crippen molar-refractivity contribution < 1.29 is 4.39 Å². The number of aromatic nitrogens is 2. The fourth-order valence-electron chi connectivity index (χ4n) is 1.47. The van der Waals surface area contributed by atoms with Crippen molar-refractivity contribution in [3.8, 4) is 0 Å². The van der Waals surface area contributed by atoms with Crippen molar-refractivity contribution in [1.82, 2.24) is 9.97 Å². The van der Waals surface area contributed by atoms with E-state index in [2.05, 4.69) is 9.97 Å². The molecule has 1 aliphatic heterocycles. The van der Waals surface area contributed by atoms with Crippen molar-refractivity contribution in [1.29, 1.82) is 0 Å². The summed E-state index contributed by atoms with van der Waals surface area (Å²) in [5.74, 6) is 0.951. The number of halogens is 1. The number of anilines is 2. The van der Waals surface area contributed by atoms with E-state index < -0.39 is 6.17 Å². The summed E-state index contributed by atoms with van der Waals surface area (Å²) in [5.41, 5.74) is 5.42. The molecule has 5 heteroatoms. The van der Waals surface area contributed by atoms with Crippen LogP contribution in [0.2, 0.25) is 0 Å². The first-order chi connectivity index (χ1) is 6.25. The maximum absolute atomic E-state index is 12.8. The molecule has 4 nitrogen and oxygen atoms in total. The van der Waals surface area contributed by atoms with Gasteiger partial charge in [0.15, 0.2) is 0 Å². The van der Waals surface area contributed by atoms with E-state index in [0.717, 1.165) is 0 Å². The molecule has 1 aromatic rings. The highest BCUT2D eigenvalue weighted by Gasteiger charge is 2.22. The van der Waals surface area contributed by atoms with Gasteiger partial charge in [0.2, 0.25) is 5.95 Å². The first kappa shape index (κ1) is 8.22. The Kier molecular flexibility index (Phi) is 2.00. The van der Waals surface area contributed by atoms with Crippen LogP contribution in [0.1, 0.15) is 6.42 Å². The van der Waals surface area contributed by atoms with Gasteiger partial charge in [-0.25, -0.2) is 9.37 Å². The van der Waals surface area contributed by atoms with E-state index in [0.29, 0.717) is 25.3 Å². The largest absolute Gasteiger partial charge is 0.368 e. The monoisotopic (exact) mass is 182 g/mol. The molecule has 0 amide bonds. The minimum atomic E-state index is -0.740. The minimum absolute atomic E-state index is 0.236. The number of nitrogen functional groups attached to an aromatic ring is 1. The molecule has 0 aliphatic carbocycles. The lowest BCUT2D eigenvalue weighted by atomic mass is 10.3. The van der Waals surface area contributed by atoms with Crippen LogP contribution in [0.4, 0.5) is 16.2 Å². The molecule has 0 saturated carbocycles. The first-order valence-electron chi connectivity index (χ1n) is 4.23. The molecular formula is C8H11FN4. The Hall–Kier alpha value is -1.39. The van der Waals surface area contributed by atoms with Crippen LogP contribution < -0.4 is 10.6 Å². The molecule has 1 saturated heterocycles. The fraction of sp³-hybridized carbons (Fsp3) is 0.500. The highest BCUT2D eigenvalue weighted by Crippen LogP contribution is 2.19. The summed E-state index contributed by atoms with van der Waals surface area (Å²) >= 11 is 0. The second-order valence-electron chi connectivity index (χ2n) is 3.11. The van der Waals surface area contributed by atoms with E-state index in [1.54, 1.807) is 12.3 Å². The number of nitrogens with zero attached hydrogens (tertiary/aromatic N) is 3. The fourth-order valence-corrected chi connectivity index (χ4v) is 1.47. The third kappa shape index (κ3) is 1.68. The molecular weight excluding hydrogens is 171 g/mol. The van der Waals surface area contributed by atoms with Crippen molar-refractivity contribution in [2.75, 3.05) is 23.7 Å². The molecule has 13 heavy (non-hydrogen) atoms. The topological polar surface area (TPSA) is 55.0 Å². The number of rotatable bonds is 1. The molecule has 2 N–H and O–H groups in total. The second kappa shape index (κ2) is 3.16. The Balaban J connectivity index is 2.16. The van der Waals surface area contributed by atoms with E-state index in [4.69, 9.17) is 5.73 Å². The molecule has 70 valence electrons. The maximum Gasteiger partial charge on any atom is 0.221 e. The SMILES string of the molecule is Nc1nccc(N2CC[C@H](F)C2)n1. The zero-order valence-electron chi connectivity index (χ0n) is 7.15. The van der Waals surface area contributed by atoms with Gasteiger partial charge in [0.1, 0.15) is 12.0 Å². The van der Waals surface area contributed by atoms with Crippen molar-refractivity contribution in [3.63, 3.8) is 0 Å². The zero-order chi connectivity index (χ0) is 9.26. The molecule has 0 aromatic carbocycles. The summed E-state index contributed by atoms with van der Waals surface area (Å²) in [6, 6.07) is 1.74. The summed E-state index contributed by atoms with van der Waals surface area (Å²) in [6.07, 6.45) is 1.42. The summed E-state index contributed by atoms with van der Waals surface area (Å²) in [4.78, 5) is 9.67. The highest BCUT2D eigenvalue weighted by molar-refractivity contribution is 5.42. The molecule has 0 radical (unpaired) electrons. The van der Waals surface area contributed by atoms with Crippen LogP contribution in [0.25, 0.3) is 0 Å². The average molecular weight is 182 g/mol. The maximum atomic E-state index is 12.8. The van der Waals surface area contributed by atoms with Crippen LogP contribution in [-0.2, 0) is 0 Å². The lowest BCUT2D eigenvalue weighted by Crippen LogP contribution is -2.21.